The molecule has 2 aromatic carbocycles. The summed E-state index contributed by atoms with van der Waals surface area (Å²) in [6, 6.07) is 7.71. The van der Waals surface area contributed by atoms with Gasteiger partial charge in [0.25, 0.3) is 5.92 Å². The third-order valence-corrected chi connectivity index (χ3v) is 5.92. The van der Waals surface area contributed by atoms with Gasteiger partial charge in [0.05, 0.1) is 30.7 Å². The fourth-order valence-electron chi connectivity index (χ4n) is 4.12. The Labute approximate surface area is 189 Å². The molecule has 2 heterocycles. The van der Waals surface area contributed by atoms with E-state index < -0.39 is 23.7 Å². The smallest absolute Gasteiger partial charge is 0.256 e. The highest BCUT2D eigenvalue weighted by molar-refractivity contribution is 5.92. The molecule has 1 fully saturated rings. The summed E-state index contributed by atoms with van der Waals surface area (Å²) in [5.74, 6) is -2.37. The minimum atomic E-state index is -2.83. The molecule has 1 saturated carbocycles. The normalized spacial score (nSPS) is 20.5. The number of hydrogen-bond donors (Lipinski definition) is 1. The topological polar surface area (TPSA) is 65.5 Å². The van der Waals surface area contributed by atoms with E-state index in [2.05, 4.69) is 15.3 Å². The van der Waals surface area contributed by atoms with Crippen molar-refractivity contribution in [2.75, 3.05) is 31.7 Å². The van der Waals surface area contributed by atoms with E-state index in [-0.39, 0.29) is 12.0 Å². The van der Waals surface area contributed by atoms with Crippen LogP contribution >= 0.6 is 0 Å². The van der Waals surface area contributed by atoms with Crippen molar-refractivity contribution in [3.05, 3.63) is 53.1 Å². The van der Waals surface area contributed by atoms with Crippen molar-refractivity contribution in [2.45, 2.75) is 38.2 Å². The van der Waals surface area contributed by atoms with Crippen molar-refractivity contribution < 1.29 is 27.4 Å². The summed E-state index contributed by atoms with van der Waals surface area (Å²) in [4.78, 5) is 9.02. The highest BCUT2D eigenvalue weighted by atomic mass is 19.3. The van der Waals surface area contributed by atoms with E-state index in [9.17, 15) is 8.78 Å². The first-order valence-corrected chi connectivity index (χ1v) is 10.9. The van der Waals surface area contributed by atoms with E-state index in [4.69, 9.17) is 14.2 Å². The second-order valence-corrected chi connectivity index (χ2v) is 8.38. The van der Waals surface area contributed by atoms with Crippen LogP contribution < -0.4 is 14.8 Å². The first-order valence-electron chi connectivity index (χ1n) is 10.9. The summed E-state index contributed by atoms with van der Waals surface area (Å²) in [5.41, 5.74) is 1.01. The molecule has 1 aliphatic heterocycles. The summed E-state index contributed by atoms with van der Waals surface area (Å²) in [6.07, 6.45) is -0.316. The van der Waals surface area contributed by atoms with E-state index in [0.717, 1.165) is 0 Å². The van der Waals surface area contributed by atoms with Crippen LogP contribution in [0.2, 0.25) is 0 Å². The molecule has 0 amide bonds. The molecule has 1 N–H and O–H groups in total. The molecule has 0 bridgehead atoms. The van der Waals surface area contributed by atoms with Crippen LogP contribution in [-0.4, -0.2) is 42.3 Å². The zero-order chi connectivity index (χ0) is 23.2. The molecule has 0 spiro atoms. The first kappa shape index (κ1) is 21.8. The maximum absolute atomic E-state index is 15.1. The average molecular weight is 459 g/mol. The number of hydrogen-bond acceptors (Lipinski definition) is 6. The Balaban J connectivity index is 1.49. The van der Waals surface area contributed by atoms with Crippen LogP contribution in [0.3, 0.4) is 0 Å². The van der Waals surface area contributed by atoms with Gasteiger partial charge in [0.1, 0.15) is 30.7 Å². The Bertz CT molecular complexity index is 1200. The van der Waals surface area contributed by atoms with Gasteiger partial charge in [-0.15, -0.1) is 0 Å². The molecule has 5 rings (SSSR count). The van der Waals surface area contributed by atoms with Gasteiger partial charge in [0, 0.05) is 23.4 Å². The lowest BCUT2D eigenvalue weighted by molar-refractivity contribution is 0.0877. The number of alkyl halides is 2. The van der Waals surface area contributed by atoms with Gasteiger partial charge in [-0.05, 0) is 25.5 Å². The van der Waals surface area contributed by atoms with Crippen molar-refractivity contribution in [3.8, 4) is 11.5 Å². The van der Waals surface area contributed by atoms with Crippen LogP contribution in [0.4, 0.5) is 19.0 Å². The van der Waals surface area contributed by atoms with Crippen LogP contribution in [0.25, 0.3) is 10.9 Å². The van der Waals surface area contributed by atoms with E-state index in [0.29, 0.717) is 66.0 Å². The molecule has 2 unspecified atom stereocenters. The van der Waals surface area contributed by atoms with Crippen molar-refractivity contribution in [1.82, 2.24) is 9.97 Å². The zero-order valence-electron chi connectivity index (χ0n) is 18.3. The van der Waals surface area contributed by atoms with Crippen molar-refractivity contribution in [1.29, 1.82) is 0 Å². The number of anilines is 1. The van der Waals surface area contributed by atoms with Gasteiger partial charge in [0.2, 0.25) is 0 Å². The standard InChI is InChI=1S/C24H24F3N3O3/c1-13(15-4-3-5-16(22(15)25)18-12-24(18,26)27)28-23-17-10-20-21(11-19(17)29-14(2)30-23)33-9-7-31-6-8-32-20/h3-5,10-11,13,18H,6-9,12H2,1-2H3,(H,28,29,30). The summed E-state index contributed by atoms with van der Waals surface area (Å²) in [7, 11) is 0. The molecule has 0 radical (unpaired) electrons. The Hall–Kier alpha value is -3.07. The Morgan fingerprint density at radius 3 is 2.45 bits per heavy atom. The molecule has 9 heteroatoms. The number of halogens is 3. The number of nitrogens with zero attached hydrogens (tertiary/aromatic N) is 2. The average Bonchev–Trinajstić information content (AvgIpc) is 3.37. The summed E-state index contributed by atoms with van der Waals surface area (Å²) < 4.78 is 59.2. The van der Waals surface area contributed by atoms with Gasteiger partial charge in [-0.3, -0.25) is 0 Å². The molecule has 2 atom stereocenters. The minimum absolute atomic E-state index is 0.0556. The monoisotopic (exact) mass is 459 g/mol. The molecule has 174 valence electrons. The number of benzene rings is 2. The summed E-state index contributed by atoms with van der Waals surface area (Å²) in [6.45, 7) is 5.21. The lowest BCUT2D eigenvalue weighted by Crippen LogP contribution is -2.12. The van der Waals surface area contributed by atoms with E-state index in [1.165, 1.54) is 6.07 Å². The van der Waals surface area contributed by atoms with Gasteiger partial charge in [-0.25, -0.2) is 23.1 Å². The van der Waals surface area contributed by atoms with Crippen LogP contribution in [0.5, 0.6) is 11.5 Å². The minimum Gasteiger partial charge on any atom is -0.487 e. The van der Waals surface area contributed by atoms with Crippen molar-refractivity contribution in [2.24, 2.45) is 0 Å². The van der Waals surface area contributed by atoms with Gasteiger partial charge in [0.15, 0.2) is 11.5 Å². The Morgan fingerprint density at radius 2 is 1.76 bits per heavy atom. The maximum atomic E-state index is 15.1. The highest BCUT2D eigenvalue weighted by Gasteiger charge is 2.58. The number of nitrogens with one attached hydrogen (secondary N) is 1. The zero-order valence-corrected chi connectivity index (χ0v) is 18.3. The molecule has 6 nitrogen and oxygen atoms in total. The lowest BCUT2D eigenvalue weighted by Gasteiger charge is -2.19. The van der Waals surface area contributed by atoms with E-state index >= 15 is 4.39 Å². The van der Waals surface area contributed by atoms with Gasteiger partial charge < -0.3 is 19.5 Å². The molecule has 1 aromatic heterocycles. The molecule has 0 saturated heterocycles. The molecular formula is C24H24F3N3O3. The molecule has 2 aliphatic rings. The molecule has 3 aromatic rings. The van der Waals surface area contributed by atoms with Gasteiger partial charge in [-0.2, -0.15) is 0 Å². The third kappa shape index (κ3) is 4.29. The van der Waals surface area contributed by atoms with Crippen molar-refractivity contribution in [3.63, 3.8) is 0 Å². The first-order chi connectivity index (χ1) is 15.8. The quantitative estimate of drug-likeness (QED) is 0.581. The molecule has 1 aliphatic carbocycles. The second kappa shape index (κ2) is 8.37. The number of aromatic nitrogens is 2. The second-order valence-electron chi connectivity index (χ2n) is 8.38. The summed E-state index contributed by atoms with van der Waals surface area (Å²) >= 11 is 0. The summed E-state index contributed by atoms with van der Waals surface area (Å²) in [5, 5.41) is 3.92. The Kier molecular flexibility index (Phi) is 5.52. The number of fused-ring (bicyclic) bond motifs is 2. The van der Waals surface area contributed by atoms with Crippen molar-refractivity contribution >= 4 is 16.7 Å². The van der Waals surface area contributed by atoms with E-state index in [1.807, 2.05) is 0 Å². The van der Waals surface area contributed by atoms with Crippen LogP contribution in [-0.2, 0) is 4.74 Å². The number of aryl methyl sites for hydroxylation is 1. The van der Waals surface area contributed by atoms with Gasteiger partial charge >= 0.3 is 0 Å². The fraction of sp³-hybridized carbons (Fsp3) is 0.417. The fourth-order valence-corrected chi connectivity index (χ4v) is 4.12. The predicted molar refractivity (Wildman–Crippen MR) is 117 cm³/mol. The van der Waals surface area contributed by atoms with E-state index in [1.54, 1.807) is 38.1 Å². The number of rotatable bonds is 4. The predicted octanol–water partition coefficient (Wildman–Crippen LogP) is 5.16. The third-order valence-electron chi connectivity index (χ3n) is 5.92. The lowest BCUT2D eigenvalue weighted by atomic mass is 10.0. The Morgan fingerprint density at radius 1 is 1.06 bits per heavy atom. The largest absolute Gasteiger partial charge is 0.487 e. The maximum Gasteiger partial charge on any atom is 0.256 e. The molecular weight excluding hydrogens is 435 g/mol. The van der Waals surface area contributed by atoms with Crippen LogP contribution in [0.15, 0.2) is 30.3 Å². The van der Waals surface area contributed by atoms with Crippen LogP contribution in [0.1, 0.15) is 42.3 Å². The highest BCUT2D eigenvalue weighted by Crippen LogP contribution is 2.56. The number of ether oxygens (including phenoxy) is 3. The van der Waals surface area contributed by atoms with Crippen LogP contribution in [0, 0.1) is 12.7 Å². The SMILES string of the molecule is Cc1nc(NC(C)c2cccc(C3CC3(F)F)c2F)c2cc3c(cc2n1)OCCOCCO3. The van der Waals surface area contributed by atoms with Gasteiger partial charge in [-0.1, -0.05) is 18.2 Å². The molecule has 33 heavy (non-hydrogen) atoms.